The monoisotopic (exact) mass is 487 g/mol. The third kappa shape index (κ3) is 10.0. The smallest absolute Gasteiger partial charge is 0.408 e. The molecule has 0 spiro atoms. The number of primary amides is 1. The lowest BCUT2D eigenvalue weighted by atomic mass is 10.0. The first-order valence-corrected chi connectivity index (χ1v) is 11.6. The number of amides is 4. The quantitative estimate of drug-likeness (QED) is 0.407. The second-order valence-corrected chi connectivity index (χ2v) is 9.51. The minimum atomic E-state index is -1.43. The van der Waals surface area contributed by atoms with Crippen molar-refractivity contribution in [2.24, 2.45) is 5.73 Å². The van der Waals surface area contributed by atoms with Gasteiger partial charge in [0.05, 0.1) is 12.5 Å². The van der Waals surface area contributed by atoms with Gasteiger partial charge in [-0.25, -0.2) is 4.79 Å². The lowest BCUT2D eigenvalue weighted by Gasteiger charge is -2.33. The van der Waals surface area contributed by atoms with Crippen LogP contribution in [0.25, 0.3) is 0 Å². The molecule has 0 aliphatic rings. The highest BCUT2D eigenvalue weighted by Crippen LogP contribution is 2.24. The Bertz CT molecular complexity index is 933. The maximum absolute atomic E-state index is 13.6. The predicted octanol–water partition coefficient (Wildman–Crippen LogP) is 2.46. The van der Waals surface area contributed by atoms with Gasteiger partial charge in [-0.3, -0.25) is 14.4 Å². The van der Waals surface area contributed by atoms with E-state index in [9.17, 15) is 24.4 Å². The van der Waals surface area contributed by atoms with Gasteiger partial charge in [-0.1, -0.05) is 43.2 Å². The molecule has 10 heteroatoms. The molecule has 192 valence electrons. The molecule has 0 aliphatic heterocycles. The summed E-state index contributed by atoms with van der Waals surface area (Å²) in [6.07, 6.45) is 0.108. The number of nitrogens with two attached hydrogens (primary N) is 1. The fourth-order valence-electron chi connectivity index (χ4n) is 3.47. The van der Waals surface area contributed by atoms with E-state index in [1.54, 1.807) is 45.0 Å². The molecule has 1 rings (SSSR count). The van der Waals surface area contributed by atoms with Crippen molar-refractivity contribution in [3.8, 4) is 6.07 Å². The fraction of sp³-hybridized carbons (Fsp3) is 0.560. The molecule has 4 amide bonds. The Hall–Kier alpha value is -3.61. The summed E-state index contributed by atoms with van der Waals surface area (Å²) in [5.74, 6) is -2.13. The Labute approximate surface area is 207 Å². The van der Waals surface area contributed by atoms with Gasteiger partial charge in [0.1, 0.15) is 24.2 Å². The fourth-order valence-corrected chi connectivity index (χ4v) is 3.47. The van der Waals surface area contributed by atoms with Crippen LogP contribution in [0.15, 0.2) is 24.3 Å². The minimum absolute atomic E-state index is 0.166. The van der Waals surface area contributed by atoms with Crippen molar-refractivity contribution in [2.45, 2.75) is 84.5 Å². The largest absolute Gasteiger partial charge is 0.444 e. The first kappa shape index (κ1) is 29.4. The predicted molar refractivity (Wildman–Crippen MR) is 131 cm³/mol. The number of aryl methyl sites for hydroxylation is 1. The SMILES string of the molecule is CCCC(C)NC(=O)C(c1ccc(C)cc1)N(CC#N)C(=O)C(CC(N)=O)NC(=O)OC(C)(C)C. The molecule has 0 aromatic heterocycles. The average Bonchev–Trinajstić information content (AvgIpc) is 2.72. The van der Waals surface area contributed by atoms with Gasteiger partial charge >= 0.3 is 6.09 Å². The molecule has 1 aromatic rings. The summed E-state index contributed by atoms with van der Waals surface area (Å²) in [5.41, 5.74) is 5.90. The van der Waals surface area contributed by atoms with E-state index in [4.69, 9.17) is 10.5 Å². The highest BCUT2D eigenvalue weighted by atomic mass is 16.6. The van der Waals surface area contributed by atoms with Gasteiger partial charge in [0.25, 0.3) is 0 Å². The topological polar surface area (TPSA) is 155 Å². The van der Waals surface area contributed by atoms with Crippen LogP contribution in [0.2, 0.25) is 0 Å². The van der Waals surface area contributed by atoms with E-state index in [0.717, 1.165) is 23.3 Å². The van der Waals surface area contributed by atoms with Crippen LogP contribution in [0.4, 0.5) is 4.79 Å². The maximum atomic E-state index is 13.6. The van der Waals surface area contributed by atoms with Crippen LogP contribution in [-0.2, 0) is 19.1 Å². The number of benzene rings is 1. The summed E-state index contributed by atoms with van der Waals surface area (Å²) in [5, 5.41) is 14.8. The Morgan fingerprint density at radius 2 is 1.74 bits per heavy atom. The molecule has 0 saturated heterocycles. The highest BCUT2D eigenvalue weighted by molar-refractivity contribution is 5.94. The Kier molecular flexibility index (Phi) is 11.2. The van der Waals surface area contributed by atoms with Gasteiger partial charge in [0.2, 0.25) is 17.7 Å². The molecule has 10 nitrogen and oxygen atoms in total. The molecule has 4 N–H and O–H groups in total. The molecule has 35 heavy (non-hydrogen) atoms. The maximum Gasteiger partial charge on any atom is 0.408 e. The number of rotatable bonds is 11. The summed E-state index contributed by atoms with van der Waals surface area (Å²) in [7, 11) is 0. The van der Waals surface area contributed by atoms with E-state index in [0.29, 0.717) is 5.56 Å². The molecule has 3 unspecified atom stereocenters. The summed E-state index contributed by atoms with van der Waals surface area (Å²) >= 11 is 0. The molecular formula is C25H37N5O5. The number of nitrogens with zero attached hydrogens (tertiary/aromatic N) is 2. The van der Waals surface area contributed by atoms with Gasteiger partial charge < -0.3 is 26.0 Å². The van der Waals surface area contributed by atoms with Crippen molar-refractivity contribution in [1.82, 2.24) is 15.5 Å². The second-order valence-electron chi connectivity index (χ2n) is 9.51. The lowest BCUT2D eigenvalue weighted by molar-refractivity contribution is -0.142. The number of nitrogens with one attached hydrogen (secondary N) is 2. The average molecular weight is 488 g/mol. The van der Waals surface area contributed by atoms with Crippen LogP contribution in [0.3, 0.4) is 0 Å². The Morgan fingerprint density at radius 3 is 2.23 bits per heavy atom. The van der Waals surface area contributed by atoms with Crippen molar-refractivity contribution >= 4 is 23.8 Å². The van der Waals surface area contributed by atoms with Gasteiger partial charge in [-0.05, 0) is 46.6 Å². The van der Waals surface area contributed by atoms with Crippen LogP contribution in [-0.4, -0.2) is 52.9 Å². The zero-order valence-corrected chi connectivity index (χ0v) is 21.4. The van der Waals surface area contributed by atoms with Crippen molar-refractivity contribution in [3.05, 3.63) is 35.4 Å². The van der Waals surface area contributed by atoms with Gasteiger partial charge in [0, 0.05) is 6.04 Å². The third-order valence-corrected chi connectivity index (χ3v) is 4.98. The van der Waals surface area contributed by atoms with E-state index in [1.165, 1.54) is 0 Å². The standard InChI is InChI=1S/C25H37N5O5/c1-7-8-17(3)28-22(32)21(18-11-9-16(2)10-12-18)30(14-13-26)23(33)19(15-20(27)31)29-24(34)35-25(4,5)6/h9-12,17,19,21H,7-8,14-15H2,1-6H3,(H2,27,31)(H,28,32)(H,29,34). The summed E-state index contributed by atoms with van der Waals surface area (Å²) in [4.78, 5) is 52.1. The van der Waals surface area contributed by atoms with Gasteiger partial charge in [-0.15, -0.1) is 0 Å². The van der Waals surface area contributed by atoms with Crippen LogP contribution in [0.5, 0.6) is 0 Å². The van der Waals surface area contributed by atoms with Gasteiger partial charge in [0.15, 0.2) is 0 Å². The third-order valence-electron chi connectivity index (χ3n) is 4.98. The van der Waals surface area contributed by atoms with E-state index in [-0.39, 0.29) is 6.04 Å². The molecule has 0 radical (unpaired) electrons. The Morgan fingerprint density at radius 1 is 1.14 bits per heavy atom. The number of carbonyl (C=O) groups is 4. The van der Waals surface area contributed by atoms with Crippen LogP contribution in [0, 0.1) is 18.3 Å². The number of alkyl carbamates (subject to hydrolysis) is 1. The van der Waals surface area contributed by atoms with Crippen LogP contribution < -0.4 is 16.4 Å². The second kappa shape index (κ2) is 13.3. The van der Waals surface area contributed by atoms with E-state index in [2.05, 4.69) is 10.6 Å². The van der Waals surface area contributed by atoms with E-state index in [1.807, 2.05) is 26.8 Å². The molecule has 3 atom stereocenters. The zero-order chi connectivity index (χ0) is 26.8. The number of nitriles is 1. The number of hydrogen-bond acceptors (Lipinski definition) is 6. The normalized spacial score (nSPS) is 13.5. The number of carbonyl (C=O) groups excluding carboxylic acids is 4. The number of hydrogen-bond donors (Lipinski definition) is 3. The summed E-state index contributed by atoms with van der Waals surface area (Å²) < 4.78 is 5.21. The molecule has 0 fully saturated rings. The summed E-state index contributed by atoms with van der Waals surface area (Å²) in [6, 6.07) is 6.13. The van der Waals surface area contributed by atoms with Gasteiger partial charge in [-0.2, -0.15) is 5.26 Å². The summed E-state index contributed by atoms with van der Waals surface area (Å²) in [6.45, 7) is 10.2. The minimum Gasteiger partial charge on any atom is -0.444 e. The van der Waals surface area contributed by atoms with Crippen molar-refractivity contribution in [3.63, 3.8) is 0 Å². The van der Waals surface area contributed by atoms with Crippen LogP contribution >= 0.6 is 0 Å². The highest BCUT2D eigenvalue weighted by Gasteiger charge is 2.37. The molecular weight excluding hydrogens is 450 g/mol. The molecule has 0 heterocycles. The zero-order valence-electron chi connectivity index (χ0n) is 21.4. The lowest BCUT2D eigenvalue weighted by Crippen LogP contribution is -2.54. The first-order valence-electron chi connectivity index (χ1n) is 11.6. The molecule has 1 aromatic carbocycles. The first-order chi connectivity index (χ1) is 16.3. The van der Waals surface area contributed by atoms with E-state index < -0.39 is 54.5 Å². The van der Waals surface area contributed by atoms with E-state index >= 15 is 0 Å². The molecule has 0 bridgehead atoms. The Balaban J connectivity index is 3.43. The molecule has 0 saturated carbocycles. The van der Waals surface area contributed by atoms with Crippen LogP contribution in [0.1, 0.15) is 71.0 Å². The van der Waals surface area contributed by atoms with Crippen molar-refractivity contribution in [1.29, 1.82) is 5.26 Å². The number of ether oxygens (including phenoxy) is 1. The van der Waals surface area contributed by atoms with Crippen molar-refractivity contribution in [2.75, 3.05) is 6.54 Å². The molecule has 0 aliphatic carbocycles. The van der Waals surface area contributed by atoms with Crippen molar-refractivity contribution < 1.29 is 23.9 Å².